The molecule has 0 aromatic heterocycles. The van der Waals surface area contributed by atoms with E-state index in [1.165, 1.54) is 6.07 Å². The SMILES string of the molecule is COc1ccc(NC(=O)OCc2cc(C)ccc2[N+](=O)[O-])cc1. The summed E-state index contributed by atoms with van der Waals surface area (Å²) in [4.78, 5) is 22.2. The topological polar surface area (TPSA) is 90.7 Å². The van der Waals surface area contributed by atoms with Crippen LogP contribution in [0.1, 0.15) is 11.1 Å². The maximum absolute atomic E-state index is 11.8. The van der Waals surface area contributed by atoms with Gasteiger partial charge in [-0.15, -0.1) is 0 Å². The molecule has 120 valence electrons. The Labute approximate surface area is 133 Å². The van der Waals surface area contributed by atoms with Crippen molar-refractivity contribution in [3.63, 3.8) is 0 Å². The zero-order valence-electron chi connectivity index (χ0n) is 12.7. The standard InChI is InChI=1S/C16H16N2O5/c1-11-3-8-15(18(20)21)12(9-11)10-23-16(19)17-13-4-6-14(22-2)7-5-13/h3-9H,10H2,1-2H3,(H,17,19). The quantitative estimate of drug-likeness (QED) is 0.671. The summed E-state index contributed by atoms with van der Waals surface area (Å²) in [6, 6.07) is 11.4. The number of nitro benzene ring substituents is 1. The lowest BCUT2D eigenvalue weighted by atomic mass is 10.1. The Bertz CT molecular complexity index is 713. The van der Waals surface area contributed by atoms with Crippen molar-refractivity contribution in [3.05, 3.63) is 63.7 Å². The fraction of sp³-hybridized carbons (Fsp3) is 0.188. The van der Waals surface area contributed by atoms with Crippen LogP contribution in [0.2, 0.25) is 0 Å². The number of aryl methyl sites for hydroxylation is 1. The van der Waals surface area contributed by atoms with Crippen LogP contribution in [0.5, 0.6) is 5.75 Å². The lowest BCUT2D eigenvalue weighted by Crippen LogP contribution is -2.14. The first-order valence-corrected chi connectivity index (χ1v) is 6.81. The average Bonchev–Trinajstić information content (AvgIpc) is 2.53. The molecule has 23 heavy (non-hydrogen) atoms. The van der Waals surface area contributed by atoms with Gasteiger partial charge in [0, 0.05) is 11.8 Å². The molecule has 0 radical (unpaired) electrons. The van der Waals surface area contributed by atoms with Crippen LogP contribution < -0.4 is 10.1 Å². The van der Waals surface area contributed by atoms with Gasteiger partial charge in [0.05, 0.1) is 17.6 Å². The van der Waals surface area contributed by atoms with E-state index >= 15 is 0 Å². The third-order valence-corrected chi connectivity index (χ3v) is 3.13. The van der Waals surface area contributed by atoms with Gasteiger partial charge in [-0.1, -0.05) is 11.6 Å². The van der Waals surface area contributed by atoms with Crippen LogP contribution in [0.3, 0.4) is 0 Å². The second-order valence-corrected chi connectivity index (χ2v) is 4.82. The molecule has 0 atom stereocenters. The summed E-state index contributed by atoms with van der Waals surface area (Å²) >= 11 is 0. The molecule has 2 aromatic rings. The van der Waals surface area contributed by atoms with E-state index in [0.29, 0.717) is 17.0 Å². The summed E-state index contributed by atoms with van der Waals surface area (Å²) in [5.74, 6) is 0.666. The van der Waals surface area contributed by atoms with Crippen molar-refractivity contribution < 1.29 is 19.2 Å². The predicted molar refractivity (Wildman–Crippen MR) is 84.6 cm³/mol. The first kappa shape index (κ1) is 16.3. The van der Waals surface area contributed by atoms with Crippen molar-refractivity contribution in [2.24, 2.45) is 0 Å². The lowest BCUT2D eigenvalue weighted by molar-refractivity contribution is -0.385. The molecule has 1 N–H and O–H groups in total. The van der Waals surface area contributed by atoms with Crippen molar-refractivity contribution in [2.75, 3.05) is 12.4 Å². The minimum atomic E-state index is -0.689. The third-order valence-electron chi connectivity index (χ3n) is 3.13. The fourth-order valence-corrected chi connectivity index (χ4v) is 1.98. The first-order chi connectivity index (χ1) is 11.0. The number of rotatable bonds is 5. The van der Waals surface area contributed by atoms with Crippen molar-refractivity contribution in [2.45, 2.75) is 13.5 Å². The highest BCUT2D eigenvalue weighted by atomic mass is 16.6. The number of nitrogens with one attached hydrogen (secondary N) is 1. The minimum absolute atomic E-state index is 0.0761. The van der Waals surface area contributed by atoms with Gasteiger partial charge in [0.15, 0.2) is 0 Å². The summed E-state index contributed by atoms with van der Waals surface area (Å²) in [6.45, 7) is 1.63. The van der Waals surface area contributed by atoms with Crippen LogP contribution >= 0.6 is 0 Å². The van der Waals surface area contributed by atoms with E-state index in [9.17, 15) is 14.9 Å². The number of carbonyl (C=O) groups is 1. The molecule has 0 saturated carbocycles. The Hall–Kier alpha value is -3.09. The van der Waals surface area contributed by atoms with Gasteiger partial charge >= 0.3 is 6.09 Å². The highest BCUT2D eigenvalue weighted by molar-refractivity contribution is 5.84. The Balaban J connectivity index is 1.98. The molecular formula is C16H16N2O5. The van der Waals surface area contributed by atoms with Crippen LogP contribution in [0, 0.1) is 17.0 Å². The maximum Gasteiger partial charge on any atom is 0.411 e. The van der Waals surface area contributed by atoms with Crippen molar-refractivity contribution in [3.8, 4) is 5.75 Å². The molecule has 0 aliphatic heterocycles. The molecule has 0 fully saturated rings. The number of amides is 1. The average molecular weight is 316 g/mol. The van der Waals surface area contributed by atoms with E-state index in [-0.39, 0.29) is 12.3 Å². The highest BCUT2D eigenvalue weighted by Gasteiger charge is 2.15. The zero-order chi connectivity index (χ0) is 16.8. The summed E-state index contributed by atoms with van der Waals surface area (Å²) in [5.41, 5.74) is 1.66. The number of carbonyl (C=O) groups excluding carboxylic acids is 1. The Morgan fingerprint density at radius 1 is 1.22 bits per heavy atom. The van der Waals surface area contributed by atoms with E-state index in [1.807, 2.05) is 6.92 Å². The molecule has 0 spiro atoms. The fourth-order valence-electron chi connectivity index (χ4n) is 1.98. The smallest absolute Gasteiger partial charge is 0.411 e. The van der Waals surface area contributed by atoms with Gasteiger partial charge in [-0.25, -0.2) is 4.79 Å². The normalized spacial score (nSPS) is 10.0. The number of nitrogens with zero attached hydrogens (tertiary/aromatic N) is 1. The van der Waals surface area contributed by atoms with Gasteiger partial charge in [-0.05, 0) is 37.3 Å². The largest absolute Gasteiger partial charge is 0.497 e. The zero-order valence-corrected chi connectivity index (χ0v) is 12.7. The van der Waals surface area contributed by atoms with E-state index < -0.39 is 11.0 Å². The molecule has 0 aliphatic carbocycles. The van der Waals surface area contributed by atoms with Crippen LogP contribution in [-0.4, -0.2) is 18.1 Å². The first-order valence-electron chi connectivity index (χ1n) is 6.81. The van der Waals surface area contributed by atoms with E-state index in [1.54, 1.807) is 43.5 Å². The number of benzene rings is 2. The van der Waals surface area contributed by atoms with E-state index in [2.05, 4.69) is 5.32 Å². The van der Waals surface area contributed by atoms with Crippen LogP contribution in [0.4, 0.5) is 16.2 Å². The minimum Gasteiger partial charge on any atom is -0.497 e. The molecule has 0 aliphatic rings. The summed E-state index contributed by atoms with van der Waals surface area (Å²) in [5, 5.41) is 13.5. The van der Waals surface area contributed by atoms with Gasteiger partial charge in [0.1, 0.15) is 12.4 Å². The van der Waals surface area contributed by atoms with Crippen molar-refractivity contribution in [1.29, 1.82) is 0 Å². The molecule has 0 heterocycles. The molecular weight excluding hydrogens is 300 g/mol. The number of anilines is 1. The van der Waals surface area contributed by atoms with Gasteiger partial charge in [-0.2, -0.15) is 0 Å². The van der Waals surface area contributed by atoms with Crippen LogP contribution in [-0.2, 0) is 11.3 Å². The molecule has 2 aromatic carbocycles. The molecule has 0 bridgehead atoms. The van der Waals surface area contributed by atoms with Crippen molar-refractivity contribution >= 4 is 17.5 Å². The van der Waals surface area contributed by atoms with Gasteiger partial charge in [-0.3, -0.25) is 15.4 Å². The Kier molecular flexibility index (Phi) is 5.14. The molecule has 2 rings (SSSR count). The molecule has 7 heteroatoms. The van der Waals surface area contributed by atoms with Gasteiger partial charge in [0.25, 0.3) is 5.69 Å². The highest BCUT2D eigenvalue weighted by Crippen LogP contribution is 2.21. The van der Waals surface area contributed by atoms with E-state index in [0.717, 1.165) is 5.56 Å². The number of nitro groups is 1. The third kappa shape index (κ3) is 4.44. The van der Waals surface area contributed by atoms with Crippen LogP contribution in [0.15, 0.2) is 42.5 Å². The summed E-state index contributed by atoms with van der Waals surface area (Å²) in [7, 11) is 1.55. The number of hydrogen-bond donors (Lipinski definition) is 1. The second kappa shape index (κ2) is 7.26. The van der Waals surface area contributed by atoms with Crippen molar-refractivity contribution in [1.82, 2.24) is 0 Å². The Morgan fingerprint density at radius 3 is 2.52 bits per heavy atom. The number of hydrogen-bond acceptors (Lipinski definition) is 5. The summed E-state index contributed by atoms with van der Waals surface area (Å²) in [6.07, 6.45) is -0.689. The van der Waals surface area contributed by atoms with Gasteiger partial charge in [0.2, 0.25) is 0 Å². The number of ether oxygens (including phenoxy) is 2. The second-order valence-electron chi connectivity index (χ2n) is 4.82. The number of methoxy groups -OCH3 is 1. The summed E-state index contributed by atoms with van der Waals surface area (Å²) < 4.78 is 10.1. The van der Waals surface area contributed by atoms with E-state index in [4.69, 9.17) is 9.47 Å². The van der Waals surface area contributed by atoms with Crippen LogP contribution in [0.25, 0.3) is 0 Å². The molecule has 7 nitrogen and oxygen atoms in total. The Morgan fingerprint density at radius 2 is 1.91 bits per heavy atom. The maximum atomic E-state index is 11.8. The molecule has 0 saturated heterocycles. The lowest BCUT2D eigenvalue weighted by Gasteiger charge is -2.08. The predicted octanol–water partition coefficient (Wildman–Crippen LogP) is 3.66. The monoisotopic (exact) mass is 316 g/mol. The molecule has 0 unspecified atom stereocenters. The molecule has 1 amide bonds. The van der Waals surface area contributed by atoms with Gasteiger partial charge < -0.3 is 9.47 Å².